The maximum atomic E-state index is 13.1. The number of carbonyl (C=O) groups excluding carboxylic acids is 2. The molecule has 250 valence electrons. The predicted molar refractivity (Wildman–Crippen MR) is 180 cm³/mol. The Morgan fingerprint density at radius 1 is 0.957 bits per heavy atom. The van der Waals surface area contributed by atoms with Crippen LogP contribution in [0, 0.1) is 0 Å². The molecule has 2 aromatic carbocycles. The Balaban J connectivity index is 1.32. The summed E-state index contributed by atoms with van der Waals surface area (Å²) in [5.41, 5.74) is 0.831. The van der Waals surface area contributed by atoms with E-state index in [1.165, 1.54) is 47.0 Å². The van der Waals surface area contributed by atoms with Gasteiger partial charge in [-0.25, -0.2) is 8.42 Å². The lowest BCUT2D eigenvalue weighted by molar-refractivity contribution is -0.113. The van der Waals surface area contributed by atoms with Gasteiger partial charge < -0.3 is 14.8 Å². The van der Waals surface area contributed by atoms with Crippen molar-refractivity contribution in [3.05, 3.63) is 53.9 Å². The van der Waals surface area contributed by atoms with Crippen molar-refractivity contribution in [1.82, 2.24) is 34.6 Å². The van der Waals surface area contributed by atoms with Crippen LogP contribution in [0.15, 0.2) is 56.9 Å². The van der Waals surface area contributed by atoms with Crippen molar-refractivity contribution in [2.75, 3.05) is 44.1 Å². The number of amides is 2. The van der Waals surface area contributed by atoms with Gasteiger partial charge in [0.05, 0.1) is 37.1 Å². The topological polar surface area (TPSA) is 171 Å². The number of thioether (sulfide) groups is 2. The molecule has 47 heavy (non-hydrogen) atoms. The second kappa shape index (κ2) is 15.9. The number of anilines is 1. The SMILES string of the molecule is CCSc1nnc(NC(=O)CSc2nnc(CNC(=O)c3ccc(S(=O)(=O)N4CCCCC4)cc3)n2-c2cc(OC)ccc2OC)s1. The van der Waals surface area contributed by atoms with E-state index in [9.17, 15) is 18.0 Å². The van der Waals surface area contributed by atoms with Gasteiger partial charge in [0.2, 0.25) is 21.1 Å². The van der Waals surface area contributed by atoms with Gasteiger partial charge >= 0.3 is 0 Å². The van der Waals surface area contributed by atoms with E-state index in [0.717, 1.165) is 41.1 Å². The number of aromatic nitrogens is 5. The lowest BCUT2D eigenvalue weighted by atomic mass is 10.2. The molecule has 14 nitrogen and oxygen atoms in total. The molecule has 1 fully saturated rings. The molecule has 0 spiro atoms. The molecule has 2 N–H and O–H groups in total. The van der Waals surface area contributed by atoms with Crippen molar-refractivity contribution in [2.45, 2.75) is 47.1 Å². The number of hydrogen-bond donors (Lipinski definition) is 2. The molecule has 1 aliphatic heterocycles. The Morgan fingerprint density at radius 3 is 2.43 bits per heavy atom. The summed E-state index contributed by atoms with van der Waals surface area (Å²) in [6, 6.07) is 11.1. The summed E-state index contributed by atoms with van der Waals surface area (Å²) >= 11 is 3.99. The number of benzene rings is 2. The van der Waals surface area contributed by atoms with Crippen LogP contribution >= 0.6 is 34.9 Å². The Bertz CT molecular complexity index is 1810. The molecule has 0 unspecified atom stereocenters. The van der Waals surface area contributed by atoms with Crippen molar-refractivity contribution in [2.24, 2.45) is 0 Å². The average Bonchev–Trinajstić information content (AvgIpc) is 3.72. The first-order valence-electron chi connectivity index (χ1n) is 14.7. The third-order valence-corrected chi connectivity index (χ3v) is 11.8. The maximum Gasteiger partial charge on any atom is 0.251 e. The van der Waals surface area contributed by atoms with E-state index in [1.54, 1.807) is 41.6 Å². The lowest BCUT2D eigenvalue weighted by Crippen LogP contribution is -2.35. The lowest BCUT2D eigenvalue weighted by Gasteiger charge is -2.25. The van der Waals surface area contributed by atoms with Crippen LogP contribution in [0.4, 0.5) is 5.13 Å². The van der Waals surface area contributed by atoms with E-state index in [4.69, 9.17) is 9.47 Å². The summed E-state index contributed by atoms with van der Waals surface area (Å²) < 4.78 is 41.0. The fourth-order valence-corrected chi connectivity index (χ4v) is 8.69. The minimum absolute atomic E-state index is 0.000699. The molecule has 2 amide bonds. The highest BCUT2D eigenvalue weighted by atomic mass is 32.2. The van der Waals surface area contributed by atoms with Gasteiger partial charge in [-0.15, -0.1) is 20.4 Å². The molecule has 0 saturated carbocycles. The van der Waals surface area contributed by atoms with Gasteiger partial charge in [0.15, 0.2) is 15.3 Å². The van der Waals surface area contributed by atoms with Crippen LogP contribution < -0.4 is 20.1 Å². The van der Waals surface area contributed by atoms with E-state index >= 15 is 0 Å². The summed E-state index contributed by atoms with van der Waals surface area (Å²) in [7, 11) is -0.548. The first kappa shape index (κ1) is 34.6. The second-order valence-electron chi connectivity index (χ2n) is 10.1. The number of piperidine rings is 1. The van der Waals surface area contributed by atoms with Crippen LogP contribution in [0.5, 0.6) is 11.5 Å². The minimum atomic E-state index is -3.62. The number of ether oxygens (including phenoxy) is 2. The minimum Gasteiger partial charge on any atom is -0.497 e. The van der Waals surface area contributed by atoms with Crippen molar-refractivity contribution >= 4 is 61.8 Å². The van der Waals surface area contributed by atoms with Crippen LogP contribution in [0.1, 0.15) is 42.4 Å². The molecule has 2 aromatic heterocycles. The van der Waals surface area contributed by atoms with Gasteiger partial charge in [0, 0.05) is 24.7 Å². The summed E-state index contributed by atoms with van der Waals surface area (Å²) in [6.45, 7) is 2.97. The van der Waals surface area contributed by atoms with E-state index in [1.807, 2.05) is 6.92 Å². The number of carbonyl (C=O) groups is 2. The molecule has 1 saturated heterocycles. The molecule has 0 atom stereocenters. The van der Waals surface area contributed by atoms with Gasteiger partial charge in [-0.1, -0.05) is 48.2 Å². The van der Waals surface area contributed by atoms with E-state index in [-0.39, 0.29) is 28.7 Å². The summed E-state index contributed by atoms with van der Waals surface area (Å²) in [6.07, 6.45) is 2.69. The molecule has 5 rings (SSSR count). The molecule has 4 aromatic rings. The zero-order valence-electron chi connectivity index (χ0n) is 26.0. The van der Waals surface area contributed by atoms with Gasteiger partial charge in [0.1, 0.15) is 11.5 Å². The predicted octanol–water partition coefficient (Wildman–Crippen LogP) is 4.08. The van der Waals surface area contributed by atoms with Gasteiger partial charge in [0.25, 0.3) is 5.91 Å². The van der Waals surface area contributed by atoms with Gasteiger partial charge in [-0.05, 0) is 55.0 Å². The second-order valence-corrected chi connectivity index (χ2v) is 15.5. The van der Waals surface area contributed by atoms with Crippen LogP contribution in [0.25, 0.3) is 5.69 Å². The Labute approximate surface area is 285 Å². The van der Waals surface area contributed by atoms with Crippen LogP contribution in [-0.2, 0) is 21.4 Å². The quantitative estimate of drug-likeness (QED) is 0.142. The molecular weight excluding hydrogens is 685 g/mol. The number of nitrogens with one attached hydrogen (secondary N) is 2. The molecular formula is C29H34N8O6S4. The molecule has 0 aliphatic carbocycles. The standard InChI is InChI=1S/C29H34N8O6S4/c1-4-44-29-35-33-27(46-29)31-25(38)18-45-28-34-32-24(37(28)22-16-20(42-2)10-13-23(22)43-3)17-30-26(39)19-8-11-21(12-9-19)47(40,41)36-14-6-5-7-15-36/h8-13,16H,4-7,14-15,17-18H2,1-3H3,(H,30,39)(H,31,33,38). The van der Waals surface area contributed by atoms with Crippen molar-refractivity contribution in [3.63, 3.8) is 0 Å². The van der Waals surface area contributed by atoms with E-state index < -0.39 is 15.9 Å². The smallest absolute Gasteiger partial charge is 0.251 e. The number of rotatable bonds is 14. The third kappa shape index (κ3) is 8.42. The normalized spacial score (nSPS) is 13.7. The van der Waals surface area contributed by atoms with Gasteiger partial charge in [-0.2, -0.15) is 4.31 Å². The first-order valence-corrected chi connectivity index (χ1v) is 18.9. The molecule has 18 heteroatoms. The number of hydrogen-bond acceptors (Lipinski definition) is 13. The molecule has 0 bridgehead atoms. The number of sulfonamides is 1. The first-order chi connectivity index (χ1) is 22.7. The Kier molecular flexibility index (Phi) is 11.7. The highest BCUT2D eigenvalue weighted by Gasteiger charge is 2.26. The zero-order chi connectivity index (χ0) is 33.4. The van der Waals surface area contributed by atoms with Crippen molar-refractivity contribution in [1.29, 1.82) is 0 Å². The fourth-order valence-electron chi connectivity index (χ4n) is 4.74. The van der Waals surface area contributed by atoms with Crippen molar-refractivity contribution < 1.29 is 27.5 Å². The van der Waals surface area contributed by atoms with Gasteiger partial charge in [-0.3, -0.25) is 19.5 Å². The highest BCUT2D eigenvalue weighted by molar-refractivity contribution is 8.01. The van der Waals surface area contributed by atoms with E-state index in [0.29, 0.717) is 46.4 Å². The number of nitrogens with zero attached hydrogens (tertiary/aromatic N) is 6. The monoisotopic (exact) mass is 718 g/mol. The van der Waals surface area contributed by atoms with Crippen LogP contribution in [0.2, 0.25) is 0 Å². The summed E-state index contributed by atoms with van der Waals surface area (Å²) in [5.74, 6) is 1.53. The highest BCUT2D eigenvalue weighted by Crippen LogP contribution is 2.32. The third-order valence-electron chi connectivity index (χ3n) is 7.06. The maximum absolute atomic E-state index is 13.1. The summed E-state index contributed by atoms with van der Waals surface area (Å²) in [4.78, 5) is 26.1. The zero-order valence-corrected chi connectivity index (χ0v) is 29.2. The Morgan fingerprint density at radius 2 is 1.72 bits per heavy atom. The van der Waals surface area contributed by atoms with Crippen LogP contribution in [-0.4, -0.2) is 88.3 Å². The van der Waals surface area contributed by atoms with Crippen LogP contribution in [0.3, 0.4) is 0 Å². The fraction of sp³-hybridized carbons (Fsp3) is 0.379. The number of methoxy groups -OCH3 is 2. The van der Waals surface area contributed by atoms with Crippen molar-refractivity contribution in [3.8, 4) is 17.2 Å². The largest absolute Gasteiger partial charge is 0.497 e. The molecule has 0 radical (unpaired) electrons. The molecule has 1 aliphatic rings. The Hall–Kier alpha value is -3.71. The van der Waals surface area contributed by atoms with E-state index in [2.05, 4.69) is 31.0 Å². The average molecular weight is 719 g/mol. The summed E-state index contributed by atoms with van der Waals surface area (Å²) in [5, 5.41) is 23.1. The molecule has 3 heterocycles.